The van der Waals surface area contributed by atoms with Crippen LogP contribution in [0.2, 0.25) is 0 Å². The van der Waals surface area contributed by atoms with Gasteiger partial charge < -0.3 is 10.9 Å². The van der Waals surface area contributed by atoms with Gasteiger partial charge >= 0.3 is 0 Å². The van der Waals surface area contributed by atoms with E-state index in [0.717, 1.165) is 0 Å². The lowest BCUT2D eigenvalue weighted by Crippen LogP contribution is -2.34. The van der Waals surface area contributed by atoms with Crippen molar-refractivity contribution in [1.82, 2.24) is 4.72 Å². The maximum absolute atomic E-state index is 12.0. The predicted octanol–water partition coefficient (Wildman–Crippen LogP) is 0.656. The fourth-order valence-corrected chi connectivity index (χ4v) is 2.75. The van der Waals surface area contributed by atoms with Crippen molar-refractivity contribution in [2.75, 3.05) is 6.54 Å². The number of hydrogen-bond acceptors (Lipinski definition) is 4. The molecule has 4 N–H and O–H groups in total. The Hall–Kier alpha value is -1.60. The van der Waals surface area contributed by atoms with Crippen molar-refractivity contribution in [3.05, 3.63) is 29.8 Å². The monoisotopic (exact) mass is 271 g/mol. The minimum atomic E-state index is -3.57. The molecule has 0 radical (unpaired) electrons. The Morgan fingerprint density at radius 3 is 2.67 bits per heavy atom. The van der Waals surface area contributed by atoms with Gasteiger partial charge in [-0.15, -0.1) is 0 Å². The highest BCUT2D eigenvalue weighted by Crippen LogP contribution is 2.13. The summed E-state index contributed by atoms with van der Waals surface area (Å²) < 4.78 is 26.5. The molecule has 1 atom stereocenters. The van der Waals surface area contributed by atoms with Crippen LogP contribution in [0.25, 0.3) is 0 Å². The second-order valence-electron chi connectivity index (χ2n) is 4.04. The van der Waals surface area contributed by atoms with Gasteiger partial charge in [0.1, 0.15) is 5.84 Å². The number of nitrogens with one attached hydrogen (secondary N) is 1. The predicted molar refractivity (Wildman–Crippen MR) is 68.9 cm³/mol. The number of sulfonamides is 1. The van der Waals surface area contributed by atoms with Gasteiger partial charge in [0.2, 0.25) is 10.0 Å². The van der Waals surface area contributed by atoms with Gasteiger partial charge in [-0.05, 0) is 18.6 Å². The molecule has 0 spiro atoms. The highest BCUT2D eigenvalue weighted by molar-refractivity contribution is 7.89. The van der Waals surface area contributed by atoms with E-state index < -0.39 is 10.0 Å². The number of aryl methyl sites for hydroxylation is 1. The first kappa shape index (κ1) is 14.5. The molecule has 1 aromatic carbocycles. The van der Waals surface area contributed by atoms with E-state index in [9.17, 15) is 8.42 Å². The summed E-state index contributed by atoms with van der Waals surface area (Å²) in [5, 5.41) is 11.3. The first-order valence-electron chi connectivity index (χ1n) is 5.41. The van der Waals surface area contributed by atoms with Crippen molar-refractivity contribution in [3.63, 3.8) is 0 Å². The molecular formula is C11H17N3O3S. The highest BCUT2D eigenvalue weighted by Gasteiger charge is 2.18. The smallest absolute Gasteiger partial charge is 0.240 e. The first-order chi connectivity index (χ1) is 8.38. The number of amidine groups is 1. The number of benzene rings is 1. The second-order valence-corrected chi connectivity index (χ2v) is 5.78. The van der Waals surface area contributed by atoms with Crippen molar-refractivity contribution in [2.24, 2.45) is 16.8 Å². The van der Waals surface area contributed by atoms with Crippen LogP contribution >= 0.6 is 0 Å². The van der Waals surface area contributed by atoms with Gasteiger partial charge in [-0.2, -0.15) is 0 Å². The van der Waals surface area contributed by atoms with E-state index in [0.29, 0.717) is 5.56 Å². The molecule has 100 valence electrons. The molecule has 0 bridgehead atoms. The molecule has 0 saturated carbocycles. The Morgan fingerprint density at radius 1 is 1.50 bits per heavy atom. The van der Waals surface area contributed by atoms with Gasteiger partial charge in [0.05, 0.1) is 4.90 Å². The molecule has 0 aromatic heterocycles. The molecule has 6 nitrogen and oxygen atoms in total. The maximum Gasteiger partial charge on any atom is 0.240 e. The average Bonchev–Trinajstić information content (AvgIpc) is 2.35. The summed E-state index contributed by atoms with van der Waals surface area (Å²) in [7, 11) is -3.57. The standard InChI is InChI=1S/C11H17N3O3S/c1-8-5-3-4-6-10(8)18(16,17)13-7-9(2)11(12)14-15/h3-6,9,13,15H,7H2,1-2H3,(H2,12,14). The maximum atomic E-state index is 12.0. The molecule has 0 aliphatic rings. The highest BCUT2D eigenvalue weighted by atomic mass is 32.2. The third-order valence-electron chi connectivity index (χ3n) is 2.58. The second kappa shape index (κ2) is 5.83. The van der Waals surface area contributed by atoms with Crippen LogP contribution in [-0.2, 0) is 10.0 Å². The van der Waals surface area contributed by atoms with Crippen LogP contribution in [0, 0.1) is 12.8 Å². The molecule has 0 heterocycles. The summed E-state index contributed by atoms with van der Waals surface area (Å²) in [5.74, 6) is -0.392. The normalized spacial score (nSPS) is 14.4. The molecule has 0 aliphatic heterocycles. The van der Waals surface area contributed by atoms with Crippen LogP contribution in [0.1, 0.15) is 12.5 Å². The summed E-state index contributed by atoms with van der Waals surface area (Å²) >= 11 is 0. The number of nitrogens with two attached hydrogens (primary N) is 1. The molecule has 1 rings (SSSR count). The van der Waals surface area contributed by atoms with Crippen LogP contribution in [-0.4, -0.2) is 26.0 Å². The SMILES string of the molecule is Cc1ccccc1S(=O)(=O)NCC(C)C(N)=NO. The quantitative estimate of drug-likeness (QED) is 0.316. The van der Waals surface area contributed by atoms with E-state index in [4.69, 9.17) is 10.9 Å². The molecule has 1 unspecified atom stereocenters. The Bertz CT molecular complexity index is 540. The molecule has 18 heavy (non-hydrogen) atoms. The fraction of sp³-hybridized carbons (Fsp3) is 0.364. The van der Waals surface area contributed by atoms with Crippen molar-refractivity contribution >= 4 is 15.9 Å². The van der Waals surface area contributed by atoms with Crippen LogP contribution < -0.4 is 10.5 Å². The largest absolute Gasteiger partial charge is 0.409 e. The molecule has 0 fully saturated rings. The van der Waals surface area contributed by atoms with Crippen molar-refractivity contribution in [3.8, 4) is 0 Å². The van der Waals surface area contributed by atoms with Gasteiger partial charge in [-0.25, -0.2) is 13.1 Å². The first-order valence-corrected chi connectivity index (χ1v) is 6.89. The zero-order valence-electron chi connectivity index (χ0n) is 10.3. The zero-order valence-corrected chi connectivity index (χ0v) is 11.1. The van der Waals surface area contributed by atoms with Crippen molar-refractivity contribution in [2.45, 2.75) is 18.7 Å². The minimum Gasteiger partial charge on any atom is -0.409 e. The van der Waals surface area contributed by atoms with Crippen LogP contribution in [0.15, 0.2) is 34.3 Å². The summed E-state index contributed by atoms with van der Waals surface area (Å²) in [6, 6.07) is 6.69. The molecule has 0 saturated heterocycles. The zero-order chi connectivity index (χ0) is 13.8. The minimum absolute atomic E-state index is 0.0116. The lowest BCUT2D eigenvalue weighted by molar-refractivity contribution is 0.314. The molecule has 0 amide bonds. The molecule has 7 heteroatoms. The lowest BCUT2D eigenvalue weighted by atomic mass is 10.2. The Kier molecular flexibility index (Phi) is 4.69. The number of oxime groups is 1. The van der Waals surface area contributed by atoms with Gasteiger partial charge in [0, 0.05) is 12.5 Å². The Labute approximate surface area is 107 Å². The van der Waals surface area contributed by atoms with Gasteiger partial charge in [-0.1, -0.05) is 30.3 Å². The Morgan fingerprint density at radius 2 is 2.11 bits per heavy atom. The lowest BCUT2D eigenvalue weighted by Gasteiger charge is -2.12. The Balaban J connectivity index is 2.82. The average molecular weight is 271 g/mol. The van der Waals surface area contributed by atoms with E-state index in [1.807, 2.05) is 0 Å². The van der Waals surface area contributed by atoms with Crippen molar-refractivity contribution < 1.29 is 13.6 Å². The number of rotatable bonds is 5. The summed E-state index contributed by atoms with van der Waals surface area (Å²) in [5.41, 5.74) is 6.05. The number of hydrogen-bond donors (Lipinski definition) is 3. The van der Waals surface area contributed by atoms with E-state index in [1.165, 1.54) is 6.07 Å². The van der Waals surface area contributed by atoms with Crippen molar-refractivity contribution in [1.29, 1.82) is 0 Å². The topological polar surface area (TPSA) is 105 Å². The van der Waals surface area contributed by atoms with E-state index in [1.54, 1.807) is 32.0 Å². The molecular weight excluding hydrogens is 254 g/mol. The van der Waals surface area contributed by atoms with E-state index in [-0.39, 0.29) is 23.2 Å². The van der Waals surface area contributed by atoms with Crippen LogP contribution in [0.3, 0.4) is 0 Å². The van der Waals surface area contributed by atoms with Gasteiger partial charge in [0.25, 0.3) is 0 Å². The van der Waals surface area contributed by atoms with Crippen LogP contribution in [0.4, 0.5) is 0 Å². The van der Waals surface area contributed by atoms with E-state index in [2.05, 4.69) is 9.88 Å². The molecule has 0 aliphatic carbocycles. The van der Waals surface area contributed by atoms with Gasteiger partial charge in [-0.3, -0.25) is 0 Å². The third kappa shape index (κ3) is 3.44. The van der Waals surface area contributed by atoms with Gasteiger partial charge in [0.15, 0.2) is 0 Å². The fourth-order valence-electron chi connectivity index (χ4n) is 1.37. The number of nitrogens with zero attached hydrogens (tertiary/aromatic N) is 1. The summed E-state index contributed by atoms with van der Waals surface area (Å²) in [6.07, 6.45) is 0. The molecule has 1 aromatic rings. The summed E-state index contributed by atoms with van der Waals surface area (Å²) in [4.78, 5) is 0.233. The van der Waals surface area contributed by atoms with Crippen LogP contribution in [0.5, 0.6) is 0 Å². The third-order valence-corrected chi connectivity index (χ3v) is 4.17. The summed E-state index contributed by atoms with van der Waals surface area (Å²) in [6.45, 7) is 3.46. The van der Waals surface area contributed by atoms with E-state index >= 15 is 0 Å².